The van der Waals surface area contributed by atoms with Crippen LogP contribution in [0.5, 0.6) is 0 Å². The molecule has 0 N–H and O–H groups in total. The average Bonchev–Trinajstić information content (AvgIpc) is 2.64. The molecule has 1 aromatic carbocycles. The molecule has 0 saturated carbocycles. The quantitative estimate of drug-likeness (QED) is 0.733. The summed E-state index contributed by atoms with van der Waals surface area (Å²) in [4.78, 5) is 2.61. The fraction of sp³-hybridized carbons (Fsp3) is 0.588. The highest BCUT2D eigenvalue weighted by Gasteiger charge is 2.26. The number of ether oxygens (including phenoxy) is 1. The minimum absolute atomic E-state index is 0.325. The molecule has 1 aromatic rings. The Hall–Kier alpha value is -1.48. The van der Waals surface area contributed by atoms with Crippen LogP contribution in [-0.4, -0.2) is 87.9 Å². The van der Waals surface area contributed by atoms with Crippen molar-refractivity contribution in [2.24, 2.45) is 5.10 Å². The normalized spacial score (nSPS) is 21.5. The molecule has 0 bridgehead atoms. The summed E-state index contributed by atoms with van der Waals surface area (Å²) in [5.41, 5.74) is 1.85. The lowest BCUT2D eigenvalue weighted by Crippen LogP contribution is -2.42. The lowest BCUT2D eigenvalue weighted by molar-refractivity contribution is 0.0730. The summed E-state index contributed by atoms with van der Waals surface area (Å²) in [5, 5.41) is 6.75. The van der Waals surface area contributed by atoms with Crippen LogP contribution in [0.25, 0.3) is 0 Å². The maximum absolute atomic E-state index is 12.6. The highest BCUT2D eigenvalue weighted by Crippen LogP contribution is 2.18. The first-order valence-electron chi connectivity index (χ1n) is 8.64. The van der Waals surface area contributed by atoms with Gasteiger partial charge in [-0.2, -0.15) is 9.41 Å². The van der Waals surface area contributed by atoms with E-state index in [1.54, 1.807) is 12.1 Å². The molecule has 0 atom stereocenters. The summed E-state index contributed by atoms with van der Waals surface area (Å²) in [7, 11) is -1.33. The van der Waals surface area contributed by atoms with Crippen molar-refractivity contribution >= 4 is 15.7 Å². The van der Waals surface area contributed by atoms with Crippen molar-refractivity contribution in [1.29, 1.82) is 0 Å². The second-order valence-corrected chi connectivity index (χ2v) is 8.42. The Balaban J connectivity index is 1.71. The van der Waals surface area contributed by atoms with Crippen molar-refractivity contribution in [1.82, 2.24) is 14.2 Å². The number of nitrogens with zero attached hydrogens (tertiary/aromatic N) is 4. The first-order chi connectivity index (χ1) is 12.0. The van der Waals surface area contributed by atoms with Crippen molar-refractivity contribution in [3.8, 4) is 0 Å². The molecular formula is C17H26N4O3S. The molecule has 0 unspecified atom stereocenters. The molecule has 0 aliphatic carbocycles. The van der Waals surface area contributed by atoms with E-state index in [4.69, 9.17) is 4.74 Å². The Morgan fingerprint density at radius 1 is 1.00 bits per heavy atom. The second kappa shape index (κ2) is 7.82. The van der Waals surface area contributed by atoms with E-state index in [2.05, 4.69) is 22.1 Å². The second-order valence-electron chi connectivity index (χ2n) is 6.48. The zero-order valence-electron chi connectivity index (χ0n) is 14.9. The van der Waals surface area contributed by atoms with Gasteiger partial charge in [-0.1, -0.05) is 12.1 Å². The van der Waals surface area contributed by atoms with Crippen LogP contribution in [0.3, 0.4) is 0 Å². The number of hydrogen-bond acceptors (Lipinski definition) is 6. The predicted octanol–water partition coefficient (Wildman–Crippen LogP) is 0.679. The Morgan fingerprint density at radius 2 is 1.60 bits per heavy atom. The minimum atomic E-state index is -3.44. The van der Waals surface area contributed by atoms with Gasteiger partial charge in [0.25, 0.3) is 0 Å². The van der Waals surface area contributed by atoms with E-state index in [0.29, 0.717) is 31.2 Å². The van der Waals surface area contributed by atoms with E-state index < -0.39 is 10.0 Å². The van der Waals surface area contributed by atoms with Gasteiger partial charge >= 0.3 is 0 Å². The molecule has 25 heavy (non-hydrogen) atoms. The van der Waals surface area contributed by atoms with Crippen LogP contribution >= 0.6 is 0 Å². The number of piperazine rings is 1. The third-order valence-corrected chi connectivity index (χ3v) is 6.56. The molecule has 0 amide bonds. The number of benzene rings is 1. The molecule has 0 radical (unpaired) electrons. The largest absolute Gasteiger partial charge is 0.379 e. The summed E-state index contributed by atoms with van der Waals surface area (Å²) in [6, 6.07) is 7.01. The zero-order valence-corrected chi connectivity index (χ0v) is 15.7. The lowest BCUT2D eigenvalue weighted by atomic mass is 10.1. The van der Waals surface area contributed by atoms with Gasteiger partial charge in [-0.05, 0) is 31.7 Å². The maximum Gasteiger partial charge on any atom is 0.243 e. The zero-order chi connectivity index (χ0) is 17.9. The van der Waals surface area contributed by atoms with Crippen LogP contribution in [0, 0.1) is 0 Å². The molecule has 0 spiro atoms. The summed E-state index contributed by atoms with van der Waals surface area (Å²) < 4.78 is 32.0. The van der Waals surface area contributed by atoms with Crippen molar-refractivity contribution in [2.45, 2.75) is 11.8 Å². The van der Waals surface area contributed by atoms with Crippen LogP contribution in [0.1, 0.15) is 12.5 Å². The Kier molecular flexibility index (Phi) is 5.73. The summed E-state index contributed by atoms with van der Waals surface area (Å²) in [5.74, 6) is 0. The van der Waals surface area contributed by atoms with Gasteiger partial charge in [-0.3, -0.25) is 5.01 Å². The van der Waals surface area contributed by atoms with E-state index in [0.717, 1.165) is 37.5 Å². The van der Waals surface area contributed by atoms with E-state index in [1.165, 1.54) is 4.31 Å². The molecule has 3 rings (SSSR count). The van der Waals surface area contributed by atoms with E-state index in [1.807, 2.05) is 19.1 Å². The van der Waals surface area contributed by atoms with Gasteiger partial charge in [0, 0.05) is 39.3 Å². The molecule has 138 valence electrons. The molecule has 2 fully saturated rings. The van der Waals surface area contributed by atoms with Gasteiger partial charge in [0.2, 0.25) is 10.0 Å². The molecule has 7 nitrogen and oxygen atoms in total. The van der Waals surface area contributed by atoms with Gasteiger partial charge in [-0.25, -0.2) is 8.42 Å². The third kappa shape index (κ3) is 4.38. The van der Waals surface area contributed by atoms with Gasteiger partial charge < -0.3 is 9.64 Å². The number of morpholine rings is 1. The Bertz CT molecular complexity index is 704. The van der Waals surface area contributed by atoms with Crippen LogP contribution in [-0.2, 0) is 14.8 Å². The molecule has 8 heteroatoms. The molecule has 2 aliphatic rings. The van der Waals surface area contributed by atoms with Crippen LogP contribution in [0.4, 0.5) is 0 Å². The summed E-state index contributed by atoms with van der Waals surface area (Å²) >= 11 is 0. The number of hydrazone groups is 1. The Labute approximate surface area is 149 Å². The van der Waals surface area contributed by atoms with E-state index in [-0.39, 0.29) is 0 Å². The third-order valence-electron chi connectivity index (χ3n) is 4.65. The minimum Gasteiger partial charge on any atom is -0.379 e. The average molecular weight is 366 g/mol. The van der Waals surface area contributed by atoms with Gasteiger partial charge in [0.1, 0.15) is 0 Å². The summed E-state index contributed by atoms with van der Waals surface area (Å²) in [6.07, 6.45) is 0. The number of rotatable bonds is 4. The fourth-order valence-corrected chi connectivity index (χ4v) is 4.38. The molecule has 2 saturated heterocycles. The van der Waals surface area contributed by atoms with Crippen molar-refractivity contribution in [2.75, 3.05) is 59.5 Å². The number of sulfonamides is 1. The van der Waals surface area contributed by atoms with Crippen molar-refractivity contribution in [3.63, 3.8) is 0 Å². The van der Waals surface area contributed by atoms with Gasteiger partial charge in [-0.15, -0.1) is 0 Å². The van der Waals surface area contributed by atoms with E-state index >= 15 is 0 Å². The lowest BCUT2D eigenvalue weighted by Gasteiger charge is -2.30. The van der Waals surface area contributed by atoms with Crippen LogP contribution in [0.2, 0.25) is 0 Å². The smallest absolute Gasteiger partial charge is 0.243 e. The molecule has 0 aromatic heterocycles. The number of hydrogen-bond donors (Lipinski definition) is 0. The maximum atomic E-state index is 12.6. The Morgan fingerprint density at radius 3 is 2.20 bits per heavy atom. The van der Waals surface area contributed by atoms with Gasteiger partial charge in [0.15, 0.2) is 0 Å². The predicted molar refractivity (Wildman–Crippen MR) is 97.3 cm³/mol. The first-order valence-corrected chi connectivity index (χ1v) is 10.1. The highest BCUT2D eigenvalue weighted by atomic mass is 32.2. The van der Waals surface area contributed by atoms with Gasteiger partial charge in [0.05, 0.1) is 23.8 Å². The van der Waals surface area contributed by atoms with Crippen molar-refractivity contribution < 1.29 is 13.2 Å². The molecule has 2 aliphatic heterocycles. The standard InChI is InChI=1S/C17H26N4O3S/c1-15(18-20-9-7-19(2)8-10-20)16-3-5-17(6-4-16)25(22,23)21-11-13-24-14-12-21/h3-6H,7-14H2,1-2H3/b18-15+. The number of likely N-dealkylation sites (N-methyl/N-ethyl adjacent to an activating group) is 1. The van der Waals surface area contributed by atoms with Crippen LogP contribution in [0.15, 0.2) is 34.3 Å². The SMILES string of the molecule is C/C(=N\N1CCN(C)CC1)c1ccc(S(=O)(=O)N2CCOCC2)cc1. The fourth-order valence-electron chi connectivity index (χ4n) is 2.97. The molecule has 2 heterocycles. The monoisotopic (exact) mass is 366 g/mol. The van der Waals surface area contributed by atoms with Crippen molar-refractivity contribution in [3.05, 3.63) is 29.8 Å². The summed E-state index contributed by atoms with van der Waals surface area (Å²) in [6.45, 7) is 7.53. The molecular weight excluding hydrogens is 340 g/mol. The van der Waals surface area contributed by atoms with Crippen LogP contribution < -0.4 is 0 Å². The highest BCUT2D eigenvalue weighted by molar-refractivity contribution is 7.89. The van der Waals surface area contributed by atoms with E-state index in [9.17, 15) is 8.42 Å². The first kappa shape index (κ1) is 18.3. The topological polar surface area (TPSA) is 65.5 Å².